The van der Waals surface area contributed by atoms with Crippen molar-refractivity contribution in [3.63, 3.8) is 0 Å². The molecule has 0 amide bonds. The lowest BCUT2D eigenvalue weighted by atomic mass is 9.89. The Balaban J connectivity index is 1.93. The van der Waals surface area contributed by atoms with Gasteiger partial charge in [0.1, 0.15) is 18.3 Å². The Morgan fingerprint density at radius 3 is 2.00 bits per heavy atom. The molecule has 0 bridgehead atoms. The zero-order valence-electron chi connectivity index (χ0n) is 22.9. The van der Waals surface area contributed by atoms with Crippen LogP contribution < -0.4 is 0 Å². The molecule has 1 fully saturated rings. The summed E-state index contributed by atoms with van der Waals surface area (Å²) < 4.78 is 44.1. The number of hydrogen-bond donors (Lipinski definition) is 2. The summed E-state index contributed by atoms with van der Waals surface area (Å²) in [5.41, 5.74) is 0.449. The van der Waals surface area contributed by atoms with Gasteiger partial charge in [-0.2, -0.15) is 8.42 Å². The van der Waals surface area contributed by atoms with Gasteiger partial charge in [-0.15, -0.1) is 0 Å². The molecule has 4 atom stereocenters. The summed E-state index contributed by atoms with van der Waals surface area (Å²) in [6, 6.07) is 15.7. The van der Waals surface area contributed by atoms with Crippen molar-refractivity contribution in [2.45, 2.75) is 101 Å². The van der Waals surface area contributed by atoms with Gasteiger partial charge in [0.2, 0.25) is 8.32 Å². The Labute approximate surface area is 223 Å². The first-order chi connectivity index (χ1) is 17.2. The van der Waals surface area contributed by atoms with E-state index in [1.54, 1.807) is 12.1 Å². The third-order valence-electron chi connectivity index (χ3n) is 7.67. The summed E-state index contributed by atoms with van der Waals surface area (Å²) in [5, 5.41) is 23.2. The first-order valence-corrected chi connectivity index (χ1v) is 16.5. The second-order valence-corrected chi connectivity index (χ2v) is 18.1. The van der Waals surface area contributed by atoms with Crippen LogP contribution in [0.4, 0.5) is 0 Å². The number of aliphatic hydroxyl groups is 2. The van der Waals surface area contributed by atoms with Crippen LogP contribution in [0.15, 0.2) is 59.5 Å². The zero-order valence-corrected chi connectivity index (χ0v) is 24.7. The van der Waals surface area contributed by atoms with E-state index in [4.69, 9.17) is 13.3 Å². The van der Waals surface area contributed by atoms with E-state index in [1.807, 2.05) is 37.3 Å². The lowest BCUT2D eigenvalue weighted by molar-refractivity contribution is -0.121. The van der Waals surface area contributed by atoms with Crippen molar-refractivity contribution in [1.82, 2.24) is 0 Å². The first-order valence-electron chi connectivity index (χ1n) is 13.0. The zero-order chi connectivity index (χ0) is 27.6. The monoisotopic (exact) mass is 550 g/mol. The average Bonchev–Trinajstić information content (AvgIpc) is 3.06. The standard InChI is InChI=1S/C28H42O7SSi/c1-19(2)37(20(3)4,21(5)6)35-27-26(29)28(30,25(34-27)17-23-11-9-8-10-12-23)18-33-36(31,32)24-15-13-22(7)14-16-24/h8-16,19-21,25-27,29-30H,17-18H2,1-7H3/t25-,26+,27-,28+/m1/s1. The van der Waals surface area contributed by atoms with Gasteiger partial charge in [0.25, 0.3) is 10.1 Å². The van der Waals surface area contributed by atoms with E-state index in [1.165, 1.54) is 12.1 Å². The Morgan fingerprint density at radius 2 is 1.49 bits per heavy atom. The van der Waals surface area contributed by atoms with Crippen LogP contribution >= 0.6 is 0 Å². The molecular formula is C28H42O7SSi. The minimum atomic E-state index is -4.17. The third-order valence-corrected chi connectivity index (χ3v) is 15.0. The van der Waals surface area contributed by atoms with Gasteiger partial charge < -0.3 is 19.4 Å². The molecule has 206 valence electrons. The van der Waals surface area contributed by atoms with Gasteiger partial charge >= 0.3 is 0 Å². The van der Waals surface area contributed by atoms with Crippen molar-refractivity contribution in [1.29, 1.82) is 0 Å². The predicted molar refractivity (Wildman–Crippen MR) is 146 cm³/mol. The minimum Gasteiger partial charge on any atom is -0.389 e. The Morgan fingerprint density at radius 1 is 0.946 bits per heavy atom. The van der Waals surface area contributed by atoms with Gasteiger partial charge in [-0.05, 0) is 41.2 Å². The van der Waals surface area contributed by atoms with Gasteiger partial charge in [0.15, 0.2) is 6.29 Å². The number of aliphatic hydroxyl groups excluding tert-OH is 1. The highest BCUT2D eigenvalue weighted by Crippen LogP contribution is 2.46. The SMILES string of the molecule is Cc1ccc(S(=O)(=O)OC[C@]2(O)[C@@H](Cc3ccccc3)O[C@H](O[Si](C(C)C)(C(C)C)C(C)C)[C@@H]2O)cc1. The molecule has 37 heavy (non-hydrogen) atoms. The van der Waals surface area contributed by atoms with E-state index in [0.29, 0.717) is 0 Å². The van der Waals surface area contributed by atoms with Crippen LogP contribution in [0.5, 0.6) is 0 Å². The molecule has 0 spiro atoms. The average molecular weight is 551 g/mol. The molecule has 0 aromatic heterocycles. The lowest BCUT2D eigenvalue weighted by Crippen LogP contribution is -2.56. The largest absolute Gasteiger partial charge is 0.389 e. The number of aryl methyl sites for hydroxylation is 1. The molecule has 2 N–H and O–H groups in total. The Hall–Kier alpha value is -1.59. The fraction of sp³-hybridized carbons (Fsp3) is 0.571. The maximum absolute atomic E-state index is 12.9. The van der Waals surface area contributed by atoms with E-state index in [9.17, 15) is 18.6 Å². The highest BCUT2D eigenvalue weighted by Gasteiger charge is 2.59. The molecule has 2 aromatic rings. The van der Waals surface area contributed by atoms with Crippen molar-refractivity contribution in [3.05, 3.63) is 65.7 Å². The maximum atomic E-state index is 12.9. The normalized spacial score (nSPS) is 24.9. The number of hydrogen-bond acceptors (Lipinski definition) is 7. The van der Waals surface area contributed by atoms with Crippen LogP contribution in [0.25, 0.3) is 0 Å². The van der Waals surface area contributed by atoms with Crippen molar-refractivity contribution in [3.8, 4) is 0 Å². The van der Waals surface area contributed by atoms with Gasteiger partial charge in [0.05, 0.1) is 11.0 Å². The fourth-order valence-corrected chi connectivity index (χ4v) is 12.0. The summed E-state index contributed by atoms with van der Waals surface area (Å²) >= 11 is 0. The van der Waals surface area contributed by atoms with E-state index in [2.05, 4.69) is 41.5 Å². The molecule has 9 heteroatoms. The number of ether oxygens (including phenoxy) is 1. The fourth-order valence-electron chi connectivity index (χ4n) is 5.66. The highest BCUT2D eigenvalue weighted by molar-refractivity contribution is 7.86. The molecule has 1 aliphatic heterocycles. The summed E-state index contributed by atoms with van der Waals surface area (Å²) in [6.45, 7) is 13.9. The summed E-state index contributed by atoms with van der Waals surface area (Å²) in [6.07, 6.45) is -3.30. The Bertz CT molecular complexity index is 1100. The van der Waals surface area contributed by atoms with Gasteiger partial charge in [-0.3, -0.25) is 4.18 Å². The molecule has 3 rings (SSSR count). The van der Waals surface area contributed by atoms with E-state index < -0.39 is 49.1 Å². The first kappa shape index (κ1) is 30.0. The van der Waals surface area contributed by atoms with Crippen LogP contribution in [0.3, 0.4) is 0 Å². The van der Waals surface area contributed by atoms with E-state index in [0.717, 1.165) is 11.1 Å². The van der Waals surface area contributed by atoms with Gasteiger partial charge in [-0.25, -0.2) is 0 Å². The van der Waals surface area contributed by atoms with Crippen LogP contribution in [0, 0.1) is 6.92 Å². The number of benzene rings is 2. The van der Waals surface area contributed by atoms with Gasteiger partial charge in [-0.1, -0.05) is 89.6 Å². The molecule has 0 aliphatic carbocycles. The van der Waals surface area contributed by atoms with Gasteiger partial charge in [0, 0.05) is 6.42 Å². The summed E-state index contributed by atoms with van der Waals surface area (Å²) in [4.78, 5) is -0.0200. The van der Waals surface area contributed by atoms with Crippen molar-refractivity contribution in [2.75, 3.05) is 6.61 Å². The topological polar surface area (TPSA) is 102 Å². The summed E-state index contributed by atoms with van der Waals surface area (Å²) in [5.74, 6) is 0. The molecule has 7 nitrogen and oxygen atoms in total. The van der Waals surface area contributed by atoms with Crippen molar-refractivity contribution < 1.29 is 32.0 Å². The minimum absolute atomic E-state index is 0.0200. The van der Waals surface area contributed by atoms with Crippen molar-refractivity contribution >= 4 is 18.4 Å². The highest BCUT2D eigenvalue weighted by atomic mass is 32.2. The molecule has 0 saturated carbocycles. The van der Waals surface area contributed by atoms with Crippen LogP contribution in [0.2, 0.25) is 16.6 Å². The van der Waals surface area contributed by atoms with Crippen molar-refractivity contribution in [2.24, 2.45) is 0 Å². The second-order valence-electron chi connectivity index (χ2n) is 11.1. The van der Waals surface area contributed by atoms with E-state index >= 15 is 0 Å². The quantitative estimate of drug-likeness (QED) is 0.301. The van der Waals surface area contributed by atoms with E-state index in [-0.39, 0.29) is 27.9 Å². The van der Waals surface area contributed by atoms with Crippen LogP contribution in [-0.4, -0.2) is 57.7 Å². The molecule has 1 saturated heterocycles. The van der Waals surface area contributed by atoms with Crippen LogP contribution in [0.1, 0.15) is 52.7 Å². The van der Waals surface area contributed by atoms with Crippen LogP contribution in [-0.2, 0) is 29.9 Å². The third kappa shape index (κ3) is 6.19. The molecule has 2 aromatic carbocycles. The summed E-state index contributed by atoms with van der Waals surface area (Å²) in [7, 11) is -6.67. The second kappa shape index (κ2) is 11.7. The molecule has 0 unspecified atom stereocenters. The molecule has 1 aliphatic rings. The molecular weight excluding hydrogens is 508 g/mol. The Kier molecular flexibility index (Phi) is 9.43. The predicted octanol–water partition coefficient (Wildman–Crippen LogP) is 4.95. The number of rotatable bonds is 11. The molecule has 0 radical (unpaired) electrons. The smallest absolute Gasteiger partial charge is 0.297 e. The lowest BCUT2D eigenvalue weighted by Gasteiger charge is -2.44. The molecule has 1 heterocycles. The maximum Gasteiger partial charge on any atom is 0.297 e.